The first-order chi connectivity index (χ1) is 16.5. The van der Waals surface area contributed by atoms with Crippen LogP contribution in [0.5, 0.6) is 0 Å². The highest BCUT2D eigenvalue weighted by atomic mass is 16.5. The van der Waals surface area contributed by atoms with Crippen molar-refractivity contribution in [1.82, 2.24) is 21.1 Å². The fraction of sp³-hybridized carbons (Fsp3) is 0.708. The highest BCUT2D eigenvalue weighted by Crippen LogP contribution is 2.47. The lowest BCUT2D eigenvalue weighted by Gasteiger charge is -2.26. The van der Waals surface area contributed by atoms with Gasteiger partial charge in [0, 0.05) is 32.3 Å². The molecule has 0 radical (unpaired) electrons. The van der Waals surface area contributed by atoms with Gasteiger partial charge < -0.3 is 29.9 Å². The molecule has 1 aromatic heterocycles. The number of carbonyl (C=O) groups is 4. The fourth-order valence-corrected chi connectivity index (χ4v) is 3.66. The van der Waals surface area contributed by atoms with Crippen molar-refractivity contribution in [3.8, 4) is 0 Å². The Hall–Kier alpha value is -2.79. The lowest BCUT2D eigenvalue weighted by Crippen LogP contribution is -2.57. The molecule has 1 saturated carbocycles. The zero-order chi connectivity index (χ0) is 26.2. The van der Waals surface area contributed by atoms with Crippen molar-refractivity contribution in [3.63, 3.8) is 0 Å². The largest absolute Gasteiger partial charge is 0.385 e. The van der Waals surface area contributed by atoms with Gasteiger partial charge in [-0.3, -0.25) is 19.2 Å². The molecule has 1 aromatic rings. The Labute approximate surface area is 206 Å². The fourth-order valence-electron chi connectivity index (χ4n) is 3.66. The van der Waals surface area contributed by atoms with Crippen LogP contribution in [0.15, 0.2) is 10.6 Å². The maximum absolute atomic E-state index is 13.1. The summed E-state index contributed by atoms with van der Waals surface area (Å²) in [6, 6.07) is -1.25. The normalized spacial score (nSPS) is 16.8. The smallest absolute Gasteiger partial charge is 0.274 e. The van der Waals surface area contributed by atoms with Crippen molar-refractivity contribution in [2.75, 3.05) is 27.4 Å². The number of amides is 3. The first-order valence-electron chi connectivity index (χ1n) is 11.9. The standard InChI is InChI=1S/C24H38N4O7/c1-14(2)11-17(20(29)24(4)8-9-24)26-23(32)19(13-34-6)27-21(30)16(7-10-33-5)25-22(31)18-12-15(3)35-28-18/h12,14,16-17,19H,7-11,13H2,1-6H3,(H,25,31)(H,26,32)(H,27,30)/t16-,17-,19-/m0/s1. The molecule has 0 aliphatic heterocycles. The number of nitrogens with one attached hydrogen (secondary N) is 3. The molecule has 11 nitrogen and oxygen atoms in total. The minimum absolute atomic E-state index is 0.00943. The second-order valence-corrected chi connectivity index (χ2v) is 9.76. The molecule has 35 heavy (non-hydrogen) atoms. The van der Waals surface area contributed by atoms with Gasteiger partial charge in [0.1, 0.15) is 17.8 Å². The topological polar surface area (TPSA) is 149 Å². The zero-order valence-corrected chi connectivity index (χ0v) is 21.4. The number of nitrogens with zero attached hydrogens (tertiary/aromatic N) is 1. The lowest BCUT2D eigenvalue weighted by molar-refractivity contribution is -0.134. The van der Waals surface area contributed by atoms with E-state index in [0.717, 1.165) is 12.8 Å². The molecule has 0 aromatic carbocycles. The van der Waals surface area contributed by atoms with Crippen LogP contribution in [-0.4, -0.2) is 74.2 Å². The minimum Gasteiger partial charge on any atom is -0.385 e. The molecule has 0 unspecified atom stereocenters. The molecule has 1 fully saturated rings. The van der Waals surface area contributed by atoms with E-state index in [1.54, 1.807) is 6.92 Å². The monoisotopic (exact) mass is 494 g/mol. The SMILES string of the molecule is COCC[C@H](NC(=O)c1cc(C)on1)C(=O)N[C@@H](COC)C(=O)N[C@@H](CC(C)C)C(=O)C1(C)CC1. The third-order valence-electron chi connectivity index (χ3n) is 5.99. The van der Waals surface area contributed by atoms with Gasteiger partial charge in [-0.25, -0.2) is 0 Å². The lowest BCUT2D eigenvalue weighted by atomic mass is 9.91. The molecule has 1 aliphatic carbocycles. The molecule has 1 heterocycles. The Bertz CT molecular complexity index is 894. The Morgan fingerprint density at radius 2 is 1.66 bits per heavy atom. The van der Waals surface area contributed by atoms with Crippen LogP contribution in [0.4, 0.5) is 0 Å². The van der Waals surface area contributed by atoms with Gasteiger partial charge in [-0.15, -0.1) is 0 Å². The number of hydrogen-bond acceptors (Lipinski definition) is 8. The van der Waals surface area contributed by atoms with Crippen LogP contribution in [0, 0.1) is 18.3 Å². The van der Waals surface area contributed by atoms with Crippen LogP contribution >= 0.6 is 0 Å². The maximum Gasteiger partial charge on any atom is 0.274 e. The van der Waals surface area contributed by atoms with Crippen LogP contribution < -0.4 is 16.0 Å². The van der Waals surface area contributed by atoms with E-state index in [-0.39, 0.29) is 37.0 Å². The summed E-state index contributed by atoms with van der Waals surface area (Å²) < 4.78 is 15.1. The van der Waals surface area contributed by atoms with E-state index in [2.05, 4.69) is 21.1 Å². The van der Waals surface area contributed by atoms with Gasteiger partial charge in [0.2, 0.25) is 11.8 Å². The number of rotatable bonds is 15. The second kappa shape index (κ2) is 12.8. The predicted octanol–water partition coefficient (Wildman–Crippen LogP) is 1.15. The van der Waals surface area contributed by atoms with E-state index in [0.29, 0.717) is 12.2 Å². The average molecular weight is 495 g/mol. The van der Waals surface area contributed by atoms with Crippen LogP contribution in [0.2, 0.25) is 0 Å². The Morgan fingerprint density at radius 1 is 1.03 bits per heavy atom. The quantitative estimate of drug-likeness (QED) is 0.329. The number of aryl methyl sites for hydroxylation is 1. The van der Waals surface area contributed by atoms with Gasteiger partial charge in [-0.05, 0) is 38.5 Å². The molecular weight excluding hydrogens is 456 g/mol. The summed E-state index contributed by atoms with van der Waals surface area (Å²) in [4.78, 5) is 51.6. The molecule has 0 spiro atoms. The van der Waals surface area contributed by atoms with Crippen molar-refractivity contribution < 1.29 is 33.2 Å². The molecule has 1 aliphatic rings. The molecule has 3 atom stereocenters. The van der Waals surface area contributed by atoms with Gasteiger partial charge in [-0.2, -0.15) is 0 Å². The van der Waals surface area contributed by atoms with Crippen molar-refractivity contribution >= 4 is 23.5 Å². The number of ketones is 1. The van der Waals surface area contributed by atoms with Gasteiger partial charge in [0.05, 0.1) is 12.6 Å². The van der Waals surface area contributed by atoms with Crippen molar-refractivity contribution in [3.05, 3.63) is 17.5 Å². The second-order valence-electron chi connectivity index (χ2n) is 9.76. The van der Waals surface area contributed by atoms with Crippen molar-refractivity contribution in [1.29, 1.82) is 0 Å². The summed E-state index contributed by atoms with van der Waals surface area (Å²) in [5.41, 5.74) is -0.366. The Balaban J connectivity index is 2.10. The van der Waals surface area contributed by atoms with Gasteiger partial charge in [0.25, 0.3) is 5.91 Å². The molecule has 3 amide bonds. The minimum atomic E-state index is -1.06. The van der Waals surface area contributed by atoms with Gasteiger partial charge in [0.15, 0.2) is 11.5 Å². The summed E-state index contributed by atoms with van der Waals surface area (Å²) in [6.45, 7) is 7.60. The molecular formula is C24H38N4O7. The molecule has 0 bridgehead atoms. The first-order valence-corrected chi connectivity index (χ1v) is 11.9. The number of ether oxygens (including phenoxy) is 2. The van der Waals surface area contributed by atoms with E-state index in [9.17, 15) is 19.2 Å². The number of Topliss-reactive ketones (excluding diaryl/α,β-unsaturated/α-hetero) is 1. The van der Waals surface area contributed by atoms with Crippen LogP contribution in [0.25, 0.3) is 0 Å². The predicted molar refractivity (Wildman–Crippen MR) is 127 cm³/mol. The van der Waals surface area contributed by atoms with E-state index < -0.39 is 41.3 Å². The van der Waals surface area contributed by atoms with E-state index in [4.69, 9.17) is 14.0 Å². The summed E-state index contributed by atoms with van der Waals surface area (Å²) >= 11 is 0. The summed E-state index contributed by atoms with van der Waals surface area (Å²) in [5, 5.41) is 11.7. The first kappa shape index (κ1) is 28.4. The summed E-state index contributed by atoms with van der Waals surface area (Å²) in [6.07, 6.45) is 2.28. The maximum atomic E-state index is 13.1. The number of methoxy groups -OCH3 is 2. The third-order valence-corrected chi connectivity index (χ3v) is 5.99. The highest BCUT2D eigenvalue weighted by Gasteiger charge is 2.48. The Kier molecular flexibility index (Phi) is 10.4. The Morgan fingerprint density at radius 3 is 2.17 bits per heavy atom. The molecule has 3 N–H and O–H groups in total. The third kappa shape index (κ3) is 8.43. The van der Waals surface area contributed by atoms with Gasteiger partial charge in [-0.1, -0.05) is 25.9 Å². The molecule has 196 valence electrons. The molecule has 11 heteroatoms. The van der Waals surface area contributed by atoms with E-state index >= 15 is 0 Å². The number of aromatic nitrogens is 1. The van der Waals surface area contributed by atoms with Crippen molar-refractivity contribution in [2.45, 2.75) is 71.5 Å². The zero-order valence-electron chi connectivity index (χ0n) is 21.4. The summed E-state index contributed by atoms with van der Waals surface area (Å²) in [7, 11) is 2.89. The van der Waals surface area contributed by atoms with E-state index in [1.807, 2.05) is 20.8 Å². The number of carbonyl (C=O) groups excluding carboxylic acids is 4. The molecule has 0 saturated heterocycles. The van der Waals surface area contributed by atoms with Crippen LogP contribution in [0.3, 0.4) is 0 Å². The average Bonchev–Trinajstić information content (AvgIpc) is 3.40. The highest BCUT2D eigenvalue weighted by molar-refractivity contribution is 5.98. The summed E-state index contributed by atoms with van der Waals surface area (Å²) in [5.74, 6) is -1.05. The number of hydrogen-bond donors (Lipinski definition) is 3. The van der Waals surface area contributed by atoms with E-state index in [1.165, 1.54) is 20.3 Å². The van der Waals surface area contributed by atoms with Crippen molar-refractivity contribution in [2.24, 2.45) is 11.3 Å². The van der Waals surface area contributed by atoms with Gasteiger partial charge >= 0.3 is 0 Å². The van der Waals surface area contributed by atoms with Crippen LogP contribution in [-0.2, 0) is 23.9 Å². The van der Waals surface area contributed by atoms with Crippen LogP contribution in [0.1, 0.15) is 62.7 Å². The molecule has 2 rings (SSSR count).